The smallest absolute Gasteiger partial charge is 0.217 e. The molecule has 2 heterocycles. The van der Waals surface area contributed by atoms with Gasteiger partial charge in [0.1, 0.15) is 5.15 Å². The fourth-order valence-corrected chi connectivity index (χ4v) is 2.49. The fraction of sp³-hybridized carbons (Fsp3) is 0.500. The number of amides is 1. The predicted molar refractivity (Wildman–Crippen MR) is 71.8 cm³/mol. The van der Waals surface area contributed by atoms with E-state index in [2.05, 4.69) is 15.2 Å². The lowest BCUT2D eigenvalue weighted by Gasteiger charge is -2.16. The molecule has 1 aliphatic rings. The van der Waals surface area contributed by atoms with Gasteiger partial charge in [-0.1, -0.05) is 23.2 Å². The predicted octanol–water partition coefficient (Wildman–Crippen LogP) is 2.10. The molecule has 98 valence electrons. The molecule has 1 atom stereocenters. The van der Waals surface area contributed by atoms with Gasteiger partial charge in [-0.05, 0) is 18.6 Å². The number of nitrogens with one attached hydrogen (secondary N) is 1. The highest BCUT2D eigenvalue weighted by Gasteiger charge is 2.23. The van der Waals surface area contributed by atoms with E-state index in [9.17, 15) is 4.79 Å². The number of halogens is 2. The maximum atomic E-state index is 11.0. The second-order valence-corrected chi connectivity index (χ2v) is 5.28. The number of hydrogen-bond acceptors (Lipinski definition) is 3. The lowest BCUT2D eigenvalue weighted by atomic mass is 10.2. The van der Waals surface area contributed by atoms with E-state index < -0.39 is 0 Å². The summed E-state index contributed by atoms with van der Waals surface area (Å²) in [4.78, 5) is 17.4. The molecule has 0 radical (unpaired) electrons. The van der Waals surface area contributed by atoms with Gasteiger partial charge in [0.2, 0.25) is 5.91 Å². The van der Waals surface area contributed by atoms with Crippen LogP contribution < -0.4 is 5.32 Å². The van der Waals surface area contributed by atoms with Gasteiger partial charge in [0.05, 0.1) is 10.7 Å². The van der Waals surface area contributed by atoms with Crippen molar-refractivity contribution in [1.82, 2.24) is 15.2 Å². The van der Waals surface area contributed by atoms with Crippen LogP contribution in [0, 0.1) is 0 Å². The van der Waals surface area contributed by atoms with Crippen LogP contribution in [0.2, 0.25) is 10.2 Å². The Labute approximate surface area is 116 Å². The summed E-state index contributed by atoms with van der Waals surface area (Å²) in [5.74, 6) is 0.0146. The van der Waals surface area contributed by atoms with Crippen molar-refractivity contribution in [2.24, 2.45) is 0 Å². The molecule has 0 bridgehead atoms. The molecule has 2 rings (SSSR count). The summed E-state index contributed by atoms with van der Waals surface area (Å²) in [7, 11) is 0. The second kappa shape index (κ2) is 5.87. The highest BCUT2D eigenvalue weighted by molar-refractivity contribution is 6.32. The topological polar surface area (TPSA) is 45.2 Å². The van der Waals surface area contributed by atoms with Crippen molar-refractivity contribution in [3.63, 3.8) is 0 Å². The first-order valence-corrected chi connectivity index (χ1v) is 6.60. The Morgan fingerprint density at radius 2 is 2.33 bits per heavy atom. The molecule has 1 saturated heterocycles. The van der Waals surface area contributed by atoms with Crippen molar-refractivity contribution in [3.05, 3.63) is 28.0 Å². The summed E-state index contributed by atoms with van der Waals surface area (Å²) >= 11 is 11.9. The van der Waals surface area contributed by atoms with Crippen molar-refractivity contribution in [1.29, 1.82) is 0 Å². The average Bonchev–Trinajstić information content (AvgIpc) is 2.70. The maximum Gasteiger partial charge on any atom is 0.217 e. The highest BCUT2D eigenvalue weighted by atomic mass is 35.5. The summed E-state index contributed by atoms with van der Waals surface area (Å²) < 4.78 is 0. The summed E-state index contributed by atoms with van der Waals surface area (Å²) in [5.41, 5.74) is 0.785. The van der Waals surface area contributed by atoms with Crippen LogP contribution in [-0.2, 0) is 11.3 Å². The Kier molecular flexibility index (Phi) is 4.43. The molecule has 1 fully saturated rings. The number of likely N-dealkylation sites (tertiary alicyclic amines) is 1. The molecule has 0 aromatic carbocycles. The third-order valence-electron chi connectivity index (χ3n) is 2.94. The molecular weight excluding hydrogens is 273 g/mol. The minimum atomic E-state index is 0.0146. The lowest BCUT2D eigenvalue weighted by Crippen LogP contribution is -2.35. The first-order valence-electron chi connectivity index (χ1n) is 5.85. The largest absolute Gasteiger partial charge is 0.352 e. The van der Waals surface area contributed by atoms with Gasteiger partial charge in [-0.25, -0.2) is 4.98 Å². The van der Waals surface area contributed by atoms with E-state index in [-0.39, 0.29) is 11.9 Å². The highest BCUT2D eigenvalue weighted by Crippen LogP contribution is 2.20. The van der Waals surface area contributed by atoms with E-state index in [1.807, 2.05) is 0 Å². The van der Waals surface area contributed by atoms with Crippen LogP contribution in [0.4, 0.5) is 0 Å². The van der Waals surface area contributed by atoms with Gasteiger partial charge in [-0.3, -0.25) is 9.69 Å². The Morgan fingerprint density at radius 1 is 1.56 bits per heavy atom. The van der Waals surface area contributed by atoms with Gasteiger partial charge >= 0.3 is 0 Å². The van der Waals surface area contributed by atoms with Crippen LogP contribution in [0.5, 0.6) is 0 Å². The number of pyridine rings is 1. The molecule has 1 N–H and O–H groups in total. The molecule has 1 aromatic heterocycles. The summed E-state index contributed by atoms with van der Waals surface area (Å²) in [6, 6.07) is 3.66. The van der Waals surface area contributed by atoms with E-state index in [1.54, 1.807) is 12.1 Å². The van der Waals surface area contributed by atoms with E-state index in [0.717, 1.165) is 25.2 Å². The Balaban J connectivity index is 1.95. The van der Waals surface area contributed by atoms with Crippen molar-refractivity contribution in [2.75, 3.05) is 13.1 Å². The fourth-order valence-electron chi connectivity index (χ4n) is 2.16. The summed E-state index contributed by atoms with van der Waals surface area (Å²) in [6.45, 7) is 3.95. The van der Waals surface area contributed by atoms with Gasteiger partial charge in [-0.2, -0.15) is 0 Å². The Morgan fingerprint density at radius 3 is 3.06 bits per heavy atom. The van der Waals surface area contributed by atoms with Crippen molar-refractivity contribution in [3.8, 4) is 0 Å². The van der Waals surface area contributed by atoms with E-state index >= 15 is 0 Å². The zero-order chi connectivity index (χ0) is 13.1. The third-order valence-corrected chi connectivity index (χ3v) is 3.49. The van der Waals surface area contributed by atoms with E-state index in [0.29, 0.717) is 16.7 Å². The number of nitrogens with zero attached hydrogens (tertiary/aromatic N) is 2. The van der Waals surface area contributed by atoms with Crippen LogP contribution >= 0.6 is 23.2 Å². The second-order valence-electron chi connectivity index (χ2n) is 4.48. The first-order chi connectivity index (χ1) is 8.54. The molecular formula is C12H15Cl2N3O. The number of aromatic nitrogens is 1. The minimum absolute atomic E-state index is 0.0146. The maximum absolute atomic E-state index is 11.0. The van der Waals surface area contributed by atoms with Gasteiger partial charge in [-0.15, -0.1) is 0 Å². The van der Waals surface area contributed by atoms with E-state index in [1.165, 1.54) is 6.92 Å². The van der Waals surface area contributed by atoms with Crippen LogP contribution in [0.3, 0.4) is 0 Å². The van der Waals surface area contributed by atoms with Gasteiger partial charge in [0.25, 0.3) is 0 Å². The van der Waals surface area contributed by atoms with Crippen LogP contribution in [-0.4, -0.2) is 34.9 Å². The molecule has 1 amide bonds. The summed E-state index contributed by atoms with van der Waals surface area (Å²) in [5, 5.41) is 4.00. The van der Waals surface area contributed by atoms with Gasteiger partial charge in [0, 0.05) is 32.6 Å². The molecule has 0 aliphatic carbocycles. The van der Waals surface area contributed by atoms with Crippen molar-refractivity contribution in [2.45, 2.75) is 25.9 Å². The summed E-state index contributed by atoms with van der Waals surface area (Å²) in [6.07, 6.45) is 0.956. The molecule has 18 heavy (non-hydrogen) atoms. The number of rotatable bonds is 3. The number of hydrogen-bond donors (Lipinski definition) is 1. The van der Waals surface area contributed by atoms with Crippen LogP contribution in [0.1, 0.15) is 19.0 Å². The quantitative estimate of drug-likeness (QED) is 0.866. The molecule has 0 spiro atoms. The van der Waals surface area contributed by atoms with Gasteiger partial charge < -0.3 is 5.32 Å². The average molecular weight is 288 g/mol. The molecule has 0 saturated carbocycles. The zero-order valence-electron chi connectivity index (χ0n) is 10.1. The lowest BCUT2D eigenvalue weighted by molar-refractivity contribution is -0.119. The van der Waals surface area contributed by atoms with Crippen molar-refractivity contribution >= 4 is 29.1 Å². The SMILES string of the molecule is CC(=O)NC1CCN(Cc2nc(Cl)ccc2Cl)C1. The minimum Gasteiger partial charge on any atom is -0.352 e. The molecule has 6 heteroatoms. The normalized spacial score (nSPS) is 20.1. The Bertz CT molecular complexity index is 453. The van der Waals surface area contributed by atoms with E-state index in [4.69, 9.17) is 23.2 Å². The third kappa shape index (κ3) is 3.57. The molecule has 1 aromatic rings. The molecule has 1 aliphatic heterocycles. The van der Waals surface area contributed by atoms with Crippen LogP contribution in [0.25, 0.3) is 0 Å². The Hall–Kier alpha value is -0.840. The molecule has 1 unspecified atom stereocenters. The standard InChI is InChI=1S/C12H15Cl2N3O/c1-8(18)15-9-4-5-17(6-9)7-11-10(13)2-3-12(14)16-11/h2-3,9H,4-7H2,1H3,(H,15,18). The number of carbonyl (C=O) groups is 1. The first kappa shape index (κ1) is 13.6. The zero-order valence-corrected chi connectivity index (χ0v) is 11.6. The molecule has 4 nitrogen and oxygen atoms in total. The van der Waals surface area contributed by atoms with Gasteiger partial charge in [0.15, 0.2) is 0 Å². The monoisotopic (exact) mass is 287 g/mol. The van der Waals surface area contributed by atoms with Crippen molar-refractivity contribution < 1.29 is 4.79 Å². The van der Waals surface area contributed by atoms with Crippen LogP contribution in [0.15, 0.2) is 12.1 Å². The number of carbonyl (C=O) groups excluding carboxylic acids is 1.